The van der Waals surface area contributed by atoms with Crippen LogP contribution in [0, 0.1) is 6.92 Å². The average molecular weight is 216 g/mol. The van der Waals surface area contributed by atoms with E-state index < -0.39 is 0 Å². The smallest absolute Gasteiger partial charge is 0.146 e. The summed E-state index contributed by atoms with van der Waals surface area (Å²) in [5.41, 5.74) is 3.28. The van der Waals surface area contributed by atoms with Crippen molar-refractivity contribution in [1.29, 1.82) is 0 Å². The average Bonchev–Trinajstić information content (AvgIpc) is 2.30. The van der Waals surface area contributed by atoms with E-state index in [0.717, 1.165) is 30.3 Å². The van der Waals surface area contributed by atoms with Crippen LogP contribution in [0.3, 0.4) is 0 Å². The van der Waals surface area contributed by atoms with E-state index in [0.29, 0.717) is 0 Å². The SMILES string of the molecule is CCCCC/C(C=O)=C\c1ccccc1C. The van der Waals surface area contributed by atoms with Gasteiger partial charge in [-0.25, -0.2) is 0 Å². The Morgan fingerprint density at radius 1 is 1.25 bits per heavy atom. The fourth-order valence-corrected chi connectivity index (χ4v) is 1.69. The molecule has 86 valence electrons. The number of allylic oxidation sites excluding steroid dienone is 1. The molecule has 0 atom stereocenters. The van der Waals surface area contributed by atoms with Crippen LogP contribution in [0.1, 0.15) is 43.7 Å². The Bertz CT molecular complexity index is 363. The van der Waals surface area contributed by atoms with E-state index in [4.69, 9.17) is 0 Å². The maximum Gasteiger partial charge on any atom is 0.146 e. The van der Waals surface area contributed by atoms with Crippen molar-refractivity contribution in [2.45, 2.75) is 39.5 Å². The number of carbonyl (C=O) groups is 1. The lowest BCUT2D eigenvalue weighted by molar-refractivity contribution is -0.105. The monoisotopic (exact) mass is 216 g/mol. The molecular formula is C15H20O. The third-order valence-corrected chi connectivity index (χ3v) is 2.75. The molecule has 16 heavy (non-hydrogen) atoms. The van der Waals surface area contributed by atoms with Crippen molar-refractivity contribution >= 4 is 12.4 Å². The Balaban J connectivity index is 2.72. The van der Waals surface area contributed by atoms with Gasteiger partial charge in [-0.2, -0.15) is 0 Å². The molecule has 1 nitrogen and oxygen atoms in total. The molecule has 1 aromatic carbocycles. The summed E-state index contributed by atoms with van der Waals surface area (Å²) in [7, 11) is 0. The molecule has 0 fully saturated rings. The van der Waals surface area contributed by atoms with Gasteiger partial charge in [-0.05, 0) is 42.5 Å². The van der Waals surface area contributed by atoms with Gasteiger partial charge in [0.2, 0.25) is 0 Å². The lowest BCUT2D eigenvalue weighted by Gasteiger charge is -2.02. The minimum Gasteiger partial charge on any atom is -0.298 e. The van der Waals surface area contributed by atoms with Gasteiger partial charge in [-0.1, -0.05) is 44.0 Å². The van der Waals surface area contributed by atoms with E-state index in [1.54, 1.807) is 0 Å². The number of hydrogen-bond donors (Lipinski definition) is 0. The van der Waals surface area contributed by atoms with E-state index in [9.17, 15) is 4.79 Å². The summed E-state index contributed by atoms with van der Waals surface area (Å²) >= 11 is 0. The van der Waals surface area contributed by atoms with Crippen LogP contribution in [-0.4, -0.2) is 6.29 Å². The van der Waals surface area contributed by atoms with E-state index in [2.05, 4.69) is 26.0 Å². The molecule has 1 heteroatoms. The summed E-state index contributed by atoms with van der Waals surface area (Å²) in [4.78, 5) is 10.9. The molecular weight excluding hydrogens is 196 g/mol. The van der Waals surface area contributed by atoms with Crippen molar-refractivity contribution in [2.75, 3.05) is 0 Å². The first-order valence-corrected chi connectivity index (χ1v) is 5.99. The van der Waals surface area contributed by atoms with Gasteiger partial charge < -0.3 is 0 Å². The summed E-state index contributed by atoms with van der Waals surface area (Å²) in [5, 5.41) is 0. The molecule has 0 radical (unpaired) electrons. The lowest BCUT2D eigenvalue weighted by atomic mass is 10.0. The topological polar surface area (TPSA) is 17.1 Å². The van der Waals surface area contributed by atoms with Crippen LogP contribution in [-0.2, 0) is 4.79 Å². The predicted molar refractivity (Wildman–Crippen MR) is 69.4 cm³/mol. The van der Waals surface area contributed by atoms with E-state index in [-0.39, 0.29) is 0 Å². The number of benzene rings is 1. The standard InChI is InChI=1S/C15H20O/c1-3-4-5-9-14(12-16)11-15-10-7-6-8-13(15)2/h6-8,10-12H,3-5,9H2,1-2H3/b14-11+. The molecule has 0 N–H and O–H groups in total. The third-order valence-electron chi connectivity index (χ3n) is 2.75. The second-order valence-electron chi connectivity index (χ2n) is 4.15. The lowest BCUT2D eigenvalue weighted by Crippen LogP contribution is -1.88. The molecule has 0 amide bonds. The molecule has 0 saturated heterocycles. The van der Waals surface area contributed by atoms with Crippen molar-refractivity contribution in [3.05, 3.63) is 41.0 Å². The van der Waals surface area contributed by atoms with Crippen molar-refractivity contribution in [1.82, 2.24) is 0 Å². The first-order chi connectivity index (χ1) is 7.77. The number of rotatable bonds is 6. The number of carbonyl (C=O) groups excluding carboxylic acids is 1. The highest BCUT2D eigenvalue weighted by Crippen LogP contribution is 2.15. The fourth-order valence-electron chi connectivity index (χ4n) is 1.69. The maximum atomic E-state index is 10.9. The summed E-state index contributed by atoms with van der Waals surface area (Å²) in [6.45, 7) is 4.24. The highest BCUT2D eigenvalue weighted by atomic mass is 16.1. The van der Waals surface area contributed by atoms with Crippen LogP contribution >= 0.6 is 0 Å². The van der Waals surface area contributed by atoms with Gasteiger partial charge in [0.25, 0.3) is 0 Å². The predicted octanol–water partition coefficient (Wildman–Crippen LogP) is 4.16. The second kappa shape index (κ2) is 7.00. The summed E-state index contributed by atoms with van der Waals surface area (Å²) in [5.74, 6) is 0. The van der Waals surface area contributed by atoms with Gasteiger partial charge in [0.15, 0.2) is 0 Å². The molecule has 0 unspecified atom stereocenters. The quantitative estimate of drug-likeness (QED) is 0.396. The minimum atomic E-state index is 0.895. The Labute approximate surface area is 98.2 Å². The summed E-state index contributed by atoms with van der Waals surface area (Å²) in [6.07, 6.45) is 7.38. The first-order valence-electron chi connectivity index (χ1n) is 5.99. The Morgan fingerprint density at radius 3 is 2.62 bits per heavy atom. The van der Waals surface area contributed by atoms with Gasteiger partial charge in [-0.15, -0.1) is 0 Å². The van der Waals surface area contributed by atoms with Crippen molar-refractivity contribution in [3.8, 4) is 0 Å². The minimum absolute atomic E-state index is 0.895. The normalized spacial score (nSPS) is 11.5. The molecule has 0 aromatic heterocycles. The number of unbranched alkanes of at least 4 members (excludes halogenated alkanes) is 2. The molecule has 0 aliphatic heterocycles. The largest absolute Gasteiger partial charge is 0.298 e. The van der Waals surface area contributed by atoms with E-state index in [1.165, 1.54) is 18.4 Å². The Hall–Kier alpha value is -1.37. The Kier molecular flexibility index (Phi) is 5.55. The summed E-state index contributed by atoms with van der Waals surface area (Å²) < 4.78 is 0. The van der Waals surface area contributed by atoms with Crippen LogP contribution in [0.4, 0.5) is 0 Å². The van der Waals surface area contributed by atoms with E-state index >= 15 is 0 Å². The molecule has 0 aliphatic carbocycles. The molecule has 1 aromatic rings. The number of hydrogen-bond acceptors (Lipinski definition) is 1. The zero-order valence-corrected chi connectivity index (χ0v) is 10.2. The zero-order chi connectivity index (χ0) is 11.8. The molecule has 0 saturated carbocycles. The fraction of sp³-hybridized carbons (Fsp3) is 0.400. The number of aryl methyl sites for hydroxylation is 1. The van der Waals surface area contributed by atoms with Crippen LogP contribution in [0.5, 0.6) is 0 Å². The van der Waals surface area contributed by atoms with Gasteiger partial charge in [-0.3, -0.25) is 4.79 Å². The molecule has 0 spiro atoms. The highest BCUT2D eigenvalue weighted by Gasteiger charge is 1.98. The van der Waals surface area contributed by atoms with Gasteiger partial charge in [0, 0.05) is 0 Å². The van der Waals surface area contributed by atoms with Crippen LogP contribution < -0.4 is 0 Å². The van der Waals surface area contributed by atoms with Crippen molar-refractivity contribution in [3.63, 3.8) is 0 Å². The van der Waals surface area contributed by atoms with Crippen LogP contribution in [0.2, 0.25) is 0 Å². The second-order valence-corrected chi connectivity index (χ2v) is 4.15. The summed E-state index contributed by atoms with van der Waals surface area (Å²) in [6, 6.07) is 8.15. The van der Waals surface area contributed by atoms with E-state index in [1.807, 2.05) is 18.2 Å². The maximum absolute atomic E-state index is 10.9. The first kappa shape index (κ1) is 12.7. The third kappa shape index (κ3) is 4.01. The zero-order valence-electron chi connectivity index (χ0n) is 10.2. The van der Waals surface area contributed by atoms with Gasteiger partial charge >= 0.3 is 0 Å². The highest BCUT2D eigenvalue weighted by molar-refractivity contribution is 5.82. The van der Waals surface area contributed by atoms with Crippen LogP contribution in [0.25, 0.3) is 6.08 Å². The number of aldehydes is 1. The van der Waals surface area contributed by atoms with Crippen molar-refractivity contribution < 1.29 is 4.79 Å². The van der Waals surface area contributed by atoms with Crippen LogP contribution in [0.15, 0.2) is 29.8 Å². The molecule has 1 rings (SSSR count). The van der Waals surface area contributed by atoms with Crippen molar-refractivity contribution in [2.24, 2.45) is 0 Å². The molecule has 0 aliphatic rings. The Morgan fingerprint density at radius 2 is 2.00 bits per heavy atom. The molecule has 0 heterocycles. The van der Waals surface area contributed by atoms with Gasteiger partial charge in [0.05, 0.1) is 0 Å². The van der Waals surface area contributed by atoms with Gasteiger partial charge in [0.1, 0.15) is 6.29 Å². The molecule has 0 bridgehead atoms.